The Bertz CT molecular complexity index is 468. The highest BCUT2D eigenvalue weighted by atomic mass is 32.1. The van der Waals surface area contributed by atoms with Gasteiger partial charge in [0.05, 0.1) is 11.7 Å². The van der Waals surface area contributed by atoms with Gasteiger partial charge in [0.2, 0.25) is 5.13 Å². The third kappa shape index (κ3) is 2.06. The van der Waals surface area contributed by atoms with Crippen LogP contribution in [0.4, 0.5) is 5.13 Å². The molecule has 2 N–H and O–H groups in total. The van der Waals surface area contributed by atoms with Crippen LogP contribution in [-0.2, 0) is 0 Å². The summed E-state index contributed by atoms with van der Waals surface area (Å²) in [5, 5.41) is 11.4. The Morgan fingerprint density at radius 3 is 2.56 bits per heavy atom. The first kappa shape index (κ1) is 11.1. The molecule has 1 atom stereocenters. The Kier molecular flexibility index (Phi) is 2.91. The molecular formula is C10H15N5S. The molecule has 0 fully saturated rings. The molecule has 0 aliphatic rings. The third-order valence-corrected chi connectivity index (χ3v) is 3.22. The van der Waals surface area contributed by atoms with Gasteiger partial charge in [0, 0.05) is 22.8 Å². The van der Waals surface area contributed by atoms with Crippen LogP contribution in [0.2, 0.25) is 0 Å². The zero-order valence-electron chi connectivity index (χ0n) is 9.83. The molecule has 2 rings (SSSR count). The Morgan fingerprint density at radius 1 is 1.31 bits per heavy atom. The van der Waals surface area contributed by atoms with Gasteiger partial charge < -0.3 is 5.32 Å². The lowest BCUT2D eigenvalue weighted by Gasteiger charge is -2.12. The van der Waals surface area contributed by atoms with Crippen LogP contribution >= 0.6 is 11.5 Å². The smallest absolute Gasteiger partial charge is 0.203 e. The second-order valence-electron chi connectivity index (χ2n) is 3.86. The molecule has 0 aromatic carbocycles. The second-order valence-corrected chi connectivity index (χ2v) is 4.61. The number of aromatic nitrogens is 4. The normalized spacial score (nSPS) is 12.8. The molecule has 0 saturated heterocycles. The predicted molar refractivity (Wildman–Crippen MR) is 64.7 cm³/mol. The molecular weight excluding hydrogens is 222 g/mol. The van der Waals surface area contributed by atoms with E-state index < -0.39 is 0 Å². The van der Waals surface area contributed by atoms with E-state index >= 15 is 0 Å². The average Bonchev–Trinajstić information content (AvgIpc) is 2.74. The number of aromatic amines is 1. The first-order chi connectivity index (χ1) is 7.58. The number of hydrogen-bond donors (Lipinski definition) is 2. The predicted octanol–water partition coefficient (Wildman–Crippen LogP) is 2.36. The molecule has 0 saturated carbocycles. The first-order valence-electron chi connectivity index (χ1n) is 5.16. The van der Waals surface area contributed by atoms with Crippen LogP contribution < -0.4 is 5.32 Å². The lowest BCUT2D eigenvalue weighted by molar-refractivity contribution is 0.861. The van der Waals surface area contributed by atoms with Crippen molar-refractivity contribution < 1.29 is 0 Å². The van der Waals surface area contributed by atoms with Crippen molar-refractivity contribution in [1.82, 2.24) is 19.6 Å². The fourth-order valence-electron chi connectivity index (χ4n) is 1.81. The second kappa shape index (κ2) is 4.21. The van der Waals surface area contributed by atoms with Gasteiger partial charge in [-0.25, -0.2) is 4.98 Å². The number of rotatable bonds is 3. The summed E-state index contributed by atoms with van der Waals surface area (Å²) in [6.07, 6.45) is 0. The number of nitrogens with zero attached hydrogens (tertiary/aromatic N) is 3. The summed E-state index contributed by atoms with van der Waals surface area (Å²) in [5.41, 5.74) is 3.32. The van der Waals surface area contributed by atoms with Crippen LogP contribution in [0, 0.1) is 20.8 Å². The molecule has 2 aromatic rings. The van der Waals surface area contributed by atoms with Crippen LogP contribution in [0.1, 0.15) is 35.7 Å². The summed E-state index contributed by atoms with van der Waals surface area (Å²) < 4.78 is 4.14. The number of hydrogen-bond acceptors (Lipinski definition) is 5. The van der Waals surface area contributed by atoms with Crippen molar-refractivity contribution in [2.75, 3.05) is 5.32 Å². The maximum atomic E-state index is 4.29. The molecule has 2 aromatic heterocycles. The fourth-order valence-corrected chi connectivity index (χ4v) is 2.47. The van der Waals surface area contributed by atoms with E-state index in [2.05, 4.69) is 31.8 Å². The zero-order chi connectivity index (χ0) is 11.7. The molecule has 86 valence electrons. The maximum Gasteiger partial charge on any atom is 0.203 e. The number of H-pyrrole nitrogens is 1. The summed E-state index contributed by atoms with van der Waals surface area (Å²) >= 11 is 1.38. The van der Waals surface area contributed by atoms with Crippen LogP contribution in [0.5, 0.6) is 0 Å². The van der Waals surface area contributed by atoms with Crippen molar-refractivity contribution >= 4 is 16.7 Å². The monoisotopic (exact) mass is 237 g/mol. The molecule has 5 nitrogen and oxygen atoms in total. The van der Waals surface area contributed by atoms with Gasteiger partial charge in [0.15, 0.2) is 0 Å². The van der Waals surface area contributed by atoms with Crippen molar-refractivity contribution in [3.05, 3.63) is 22.8 Å². The minimum absolute atomic E-state index is 0.186. The summed E-state index contributed by atoms with van der Waals surface area (Å²) in [6, 6.07) is 0.186. The van der Waals surface area contributed by atoms with E-state index in [1.54, 1.807) is 0 Å². The molecule has 0 amide bonds. The number of anilines is 1. The van der Waals surface area contributed by atoms with Gasteiger partial charge >= 0.3 is 0 Å². The number of aryl methyl sites for hydroxylation is 3. The van der Waals surface area contributed by atoms with Gasteiger partial charge in [-0.15, -0.1) is 0 Å². The lowest BCUT2D eigenvalue weighted by atomic mass is 10.1. The summed E-state index contributed by atoms with van der Waals surface area (Å²) in [5.74, 6) is 0.806. The van der Waals surface area contributed by atoms with Crippen molar-refractivity contribution in [2.24, 2.45) is 0 Å². The molecule has 16 heavy (non-hydrogen) atoms. The molecule has 0 radical (unpaired) electrons. The molecule has 0 unspecified atom stereocenters. The van der Waals surface area contributed by atoms with Gasteiger partial charge in [-0.05, 0) is 27.7 Å². The molecule has 2 heterocycles. The van der Waals surface area contributed by atoms with Gasteiger partial charge in [-0.3, -0.25) is 5.10 Å². The quantitative estimate of drug-likeness (QED) is 0.860. The summed E-state index contributed by atoms with van der Waals surface area (Å²) in [4.78, 5) is 4.29. The van der Waals surface area contributed by atoms with Crippen LogP contribution in [0.25, 0.3) is 0 Å². The van der Waals surface area contributed by atoms with Crippen molar-refractivity contribution in [2.45, 2.75) is 33.7 Å². The molecule has 6 heteroatoms. The Morgan fingerprint density at radius 2 is 2.06 bits per heavy atom. The zero-order valence-corrected chi connectivity index (χ0v) is 10.6. The lowest BCUT2D eigenvalue weighted by Crippen LogP contribution is -2.08. The van der Waals surface area contributed by atoms with E-state index in [1.165, 1.54) is 17.1 Å². The fraction of sp³-hybridized carbons (Fsp3) is 0.500. The maximum absolute atomic E-state index is 4.29. The molecule has 0 bridgehead atoms. The van der Waals surface area contributed by atoms with E-state index in [0.717, 1.165) is 22.3 Å². The molecule has 0 aliphatic heterocycles. The minimum atomic E-state index is 0.186. The van der Waals surface area contributed by atoms with Crippen LogP contribution in [-0.4, -0.2) is 19.6 Å². The van der Waals surface area contributed by atoms with E-state index in [0.29, 0.717) is 0 Å². The van der Waals surface area contributed by atoms with Crippen molar-refractivity contribution in [3.63, 3.8) is 0 Å². The highest BCUT2D eigenvalue weighted by Gasteiger charge is 2.15. The SMILES string of the molecule is Cc1nsc(N[C@@H](C)c2c(C)n[nH]c2C)n1. The number of nitrogens with one attached hydrogen (secondary N) is 2. The topological polar surface area (TPSA) is 66.5 Å². The Labute approximate surface area is 98.5 Å². The highest BCUT2D eigenvalue weighted by Crippen LogP contribution is 2.24. The van der Waals surface area contributed by atoms with Gasteiger partial charge in [0.25, 0.3) is 0 Å². The van der Waals surface area contributed by atoms with Crippen molar-refractivity contribution in [1.29, 1.82) is 0 Å². The van der Waals surface area contributed by atoms with Crippen LogP contribution in [0.3, 0.4) is 0 Å². The summed E-state index contributed by atoms with van der Waals surface area (Å²) in [7, 11) is 0. The minimum Gasteiger partial charge on any atom is -0.354 e. The average molecular weight is 237 g/mol. The first-order valence-corrected chi connectivity index (χ1v) is 5.93. The van der Waals surface area contributed by atoms with Gasteiger partial charge in [-0.1, -0.05) is 0 Å². The summed E-state index contributed by atoms with van der Waals surface area (Å²) in [6.45, 7) is 8.02. The van der Waals surface area contributed by atoms with E-state index in [-0.39, 0.29) is 6.04 Å². The third-order valence-electron chi connectivity index (χ3n) is 2.49. The highest BCUT2D eigenvalue weighted by molar-refractivity contribution is 7.09. The Hall–Kier alpha value is -1.43. The van der Waals surface area contributed by atoms with E-state index in [4.69, 9.17) is 0 Å². The van der Waals surface area contributed by atoms with E-state index in [1.807, 2.05) is 20.8 Å². The van der Waals surface area contributed by atoms with Gasteiger partial charge in [-0.2, -0.15) is 9.47 Å². The standard InChI is InChI=1S/C10H15N5S/c1-5(9-6(2)13-14-7(9)3)11-10-12-8(4)15-16-10/h5H,1-4H3,(H,13,14)(H,11,12,15)/t5-/m0/s1. The van der Waals surface area contributed by atoms with E-state index in [9.17, 15) is 0 Å². The largest absolute Gasteiger partial charge is 0.354 e. The molecule has 0 spiro atoms. The van der Waals surface area contributed by atoms with Crippen molar-refractivity contribution in [3.8, 4) is 0 Å². The van der Waals surface area contributed by atoms with Gasteiger partial charge in [0.1, 0.15) is 5.82 Å². The van der Waals surface area contributed by atoms with Crippen LogP contribution in [0.15, 0.2) is 0 Å². The Balaban J connectivity index is 2.17. The molecule has 0 aliphatic carbocycles.